The minimum atomic E-state index is -0.372. The van der Waals surface area contributed by atoms with Gasteiger partial charge < -0.3 is 14.8 Å². The molecule has 104 valence electrons. The number of amides is 1. The maximum Gasteiger partial charge on any atom is 0.306 e. The number of benzene rings is 1. The quantitative estimate of drug-likeness (QED) is 0.755. The molecule has 0 aliphatic heterocycles. The van der Waals surface area contributed by atoms with Crippen molar-refractivity contribution < 1.29 is 19.1 Å². The average Bonchev–Trinajstić information content (AvgIpc) is 2.45. The van der Waals surface area contributed by atoms with Crippen LogP contribution in [0.25, 0.3) is 0 Å². The molecule has 0 unspecified atom stereocenters. The SMILES string of the molecule is COC(=O)CCC(=O)NCCc1cccc(OC)c1. The van der Waals surface area contributed by atoms with Crippen molar-refractivity contribution in [3.8, 4) is 5.75 Å². The minimum Gasteiger partial charge on any atom is -0.497 e. The van der Waals surface area contributed by atoms with E-state index in [9.17, 15) is 9.59 Å². The molecule has 0 bridgehead atoms. The van der Waals surface area contributed by atoms with Crippen LogP contribution in [-0.2, 0) is 20.7 Å². The summed E-state index contributed by atoms with van der Waals surface area (Å²) in [5, 5.41) is 2.76. The zero-order valence-corrected chi connectivity index (χ0v) is 11.3. The van der Waals surface area contributed by atoms with Gasteiger partial charge in [-0.15, -0.1) is 0 Å². The van der Waals surface area contributed by atoms with Crippen LogP contribution in [0.15, 0.2) is 24.3 Å². The molecule has 19 heavy (non-hydrogen) atoms. The topological polar surface area (TPSA) is 64.6 Å². The van der Waals surface area contributed by atoms with Crippen LogP contribution in [0.2, 0.25) is 0 Å². The van der Waals surface area contributed by atoms with Crippen LogP contribution in [-0.4, -0.2) is 32.6 Å². The second-order valence-corrected chi connectivity index (χ2v) is 4.03. The van der Waals surface area contributed by atoms with Crippen molar-refractivity contribution in [1.29, 1.82) is 0 Å². The van der Waals surface area contributed by atoms with E-state index in [2.05, 4.69) is 10.1 Å². The molecular weight excluding hydrogens is 246 g/mol. The predicted molar refractivity (Wildman–Crippen MR) is 71.0 cm³/mol. The molecule has 0 aliphatic rings. The number of carbonyl (C=O) groups excluding carboxylic acids is 2. The zero-order valence-electron chi connectivity index (χ0n) is 11.3. The monoisotopic (exact) mass is 265 g/mol. The van der Waals surface area contributed by atoms with Gasteiger partial charge in [-0.2, -0.15) is 0 Å². The number of ether oxygens (including phenoxy) is 2. The van der Waals surface area contributed by atoms with E-state index in [0.29, 0.717) is 6.54 Å². The van der Waals surface area contributed by atoms with Gasteiger partial charge in [0.15, 0.2) is 0 Å². The highest BCUT2D eigenvalue weighted by molar-refractivity contribution is 5.81. The van der Waals surface area contributed by atoms with E-state index in [0.717, 1.165) is 17.7 Å². The summed E-state index contributed by atoms with van der Waals surface area (Å²) in [6, 6.07) is 7.69. The van der Waals surface area contributed by atoms with Gasteiger partial charge >= 0.3 is 5.97 Å². The van der Waals surface area contributed by atoms with E-state index in [1.165, 1.54) is 7.11 Å². The average molecular weight is 265 g/mol. The number of hydrogen-bond donors (Lipinski definition) is 1. The Hall–Kier alpha value is -2.04. The van der Waals surface area contributed by atoms with Crippen molar-refractivity contribution in [2.45, 2.75) is 19.3 Å². The second kappa shape index (κ2) is 8.13. The first kappa shape index (κ1) is 15.0. The molecular formula is C14H19NO4. The molecule has 0 fully saturated rings. The summed E-state index contributed by atoms with van der Waals surface area (Å²) >= 11 is 0. The molecule has 0 spiro atoms. The lowest BCUT2D eigenvalue weighted by Gasteiger charge is -2.06. The van der Waals surface area contributed by atoms with Gasteiger partial charge in [-0.1, -0.05) is 12.1 Å². The number of nitrogens with one attached hydrogen (secondary N) is 1. The summed E-state index contributed by atoms with van der Waals surface area (Å²) in [7, 11) is 2.93. The third-order valence-electron chi connectivity index (χ3n) is 2.65. The Bertz CT molecular complexity index is 431. The Morgan fingerprint density at radius 3 is 2.68 bits per heavy atom. The highest BCUT2D eigenvalue weighted by atomic mass is 16.5. The third kappa shape index (κ3) is 5.90. The lowest BCUT2D eigenvalue weighted by Crippen LogP contribution is -2.26. The zero-order chi connectivity index (χ0) is 14.1. The summed E-state index contributed by atoms with van der Waals surface area (Å²) < 4.78 is 9.59. The van der Waals surface area contributed by atoms with Gasteiger partial charge in [0.1, 0.15) is 5.75 Å². The molecule has 1 aromatic rings. The molecule has 1 aromatic carbocycles. The van der Waals surface area contributed by atoms with Crippen LogP contribution in [0.3, 0.4) is 0 Å². The highest BCUT2D eigenvalue weighted by Crippen LogP contribution is 2.12. The fraction of sp³-hybridized carbons (Fsp3) is 0.429. The molecule has 5 nitrogen and oxygen atoms in total. The van der Waals surface area contributed by atoms with Gasteiger partial charge in [-0.3, -0.25) is 9.59 Å². The summed E-state index contributed by atoms with van der Waals surface area (Å²) in [6.45, 7) is 0.535. The van der Waals surface area contributed by atoms with Crippen LogP contribution in [0.4, 0.5) is 0 Å². The maximum atomic E-state index is 11.4. The van der Waals surface area contributed by atoms with E-state index in [-0.39, 0.29) is 24.7 Å². The minimum absolute atomic E-state index is 0.113. The van der Waals surface area contributed by atoms with Crippen LogP contribution in [0.1, 0.15) is 18.4 Å². The van der Waals surface area contributed by atoms with Gasteiger partial charge in [0.05, 0.1) is 20.6 Å². The van der Waals surface area contributed by atoms with Crippen molar-refractivity contribution in [2.24, 2.45) is 0 Å². The molecule has 0 atom stereocenters. The molecule has 1 N–H and O–H groups in total. The molecule has 0 saturated heterocycles. The summed E-state index contributed by atoms with van der Waals surface area (Å²) in [6.07, 6.45) is 0.993. The Balaban J connectivity index is 2.25. The van der Waals surface area contributed by atoms with Crippen molar-refractivity contribution in [3.05, 3.63) is 29.8 Å². The van der Waals surface area contributed by atoms with Crippen molar-refractivity contribution >= 4 is 11.9 Å². The predicted octanol–water partition coefficient (Wildman–Crippen LogP) is 1.31. The van der Waals surface area contributed by atoms with Crippen LogP contribution < -0.4 is 10.1 Å². The Labute approximate surface area is 112 Å². The maximum absolute atomic E-state index is 11.4. The van der Waals surface area contributed by atoms with E-state index < -0.39 is 0 Å². The molecule has 1 amide bonds. The fourth-order valence-electron chi connectivity index (χ4n) is 1.58. The smallest absolute Gasteiger partial charge is 0.306 e. The number of esters is 1. The number of hydrogen-bond acceptors (Lipinski definition) is 4. The van der Waals surface area contributed by atoms with Gasteiger partial charge in [0.25, 0.3) is 0 Å². The first-order valence-corrected chi connectivity index (χ1v) is 6.12. The number of methoxy groups -OCH3 is 2. The first-order valence-electron chi connectivity index (χ1n) is 6.12. The lowest BCUT2D eigenvalue weighted by molar-refractivity contribution is -0.142. The van der Waals surface area contributed by atoms with Crippen molar-refractivity contribution in [3.63, 3.8) is 0 Å². The fourth-order valence-corrected chi connectivity index (χ4v) is 1.58. The van der Waals surface area contributed by atoms with E-state index >= 15 is 0 Å². The Kier molecular flexibility index (Phi) is 6.43. The molecule has 0 heterocycles. The van der Waals surface area contributed by atoms with Crippen LogP contribution in [0.5, 0.6) is 5.75 Å². The van der Waals surface area contributed by atoms with E-state index in [4.69, 9.17) is 4.74 Å². The standard InChI is InChI=1S/C14H19NO4/c1-18-12-5-3-4-11(10-12)8-9-15-13(16)6-7-14(17)19-2/h3-5,10H,6-9H2,1-2H3,(H,15,16). The normalized spacial score (nSPS) is 9.79. The van der Waals surface area contributed by atoms with Gasteiger partial charge in [0, 0.05) is 13.0 Å². The highest BCUT2D eigenvalue weighted by Gasteiger charge is 2.06. The van der Waals surface area contributed by atoms with Gasteiger partial charge in [-0.05, 0) is 24.1 Å². The van der Waals surface area contributed by atoms with E-state index in [1.807, 2.05) is 24.3 Å². The van der Waals surface area contributed by atoms with Crippen molar-refractivity contribution in [1.82, 2.24) is 5.32 Å². The molecule has 5 heteroatoms. The lowest BCUT2D eigenvalue weighted by atomic mass is 10.1. The molecule has 0 radical (unpaired) electrons. The third-order valence-corrected chi connectivity index (χ3v) is 2.65. The summed E-state index contributed by atoms with van der Waals surface area (Å²) in [4.78, 5) is 22.3. The molecule has 0 aromatic heterocycles. The number of rotatable bonds is 7. The van der Waals surface area contributed by atoms with Crippen LogP contribution >= 0.6 is 0 Å². The second-order valence-electron chi connectivity index (χ2n) is 4.03. The first-order chi connectivity index (χ1) is 9.15. The Morgan fingerprint density at radius 2 is 2.00 bits per heavy atom. The summed E-state index contributed by atoms with van der Waals surface area (Å²) in [5.74, 6) is 0.283. The molecule has 1 rings (SSSR count). The molecule has 0 saturated carbocycles. The molecule has 0 aliphatic carbocycles. The summed E-state index contributed by atoms with van der Waals surface area (Å²) in [5.41, 5.74) is 1.09. The van der Waals surface area contributed by atoms with E-state index in [1.54, 1.807) is 7.11 Å². The Morgan fingerprint density at radius 1 is 1.21 bits per heavy atom. The largest absolute Gasteiger partial charge is 0.497 e. The van der Waals surface area contributed by atoms with Gasteiger partial charge in [0.2, 0.25) is 5.91 Å². The van der Waals surface area contributed by atoms with Gasteiger partial charge in [-0.25, -0.2) is 0 Å². The van der Waals surface area contributed by atoms with Crippen molar-refractivity contribution in [2.75, 3.05) is 20.8 Å². The number of carbonyl (C=O) groups is 2. The van der Waals surface area contributed by atoms with Crippen LogP contribution in [0, 0.1) is 0 Å².